The molecule has 1 unspecified atom stereocenters. The van der Waals surface area contributed by atoms with E-state index >= 15 is 0 Å². The lowest BCUT2D eigenvalue weighted by Crippen LogP contribution is -2.47. The largest absolute Gasteiger partial charge is 0.491 e. The van der Waals surface area contributed by atoms with E-state index in [0.717, 1.165) is 12.3 Å². The molecule has 2 rings (SSSR count). The standard InChI is InChI=1S/C12H13F5N2O.ClH/c13-11(14)3-5-18-6-8(11)7-20-9-2-1-4-19-10(9)12(15,16)17;/h1-2,4,8,18H,3,5-7H2;1H. The third-order valence-corrected chi connectivity index (χ3v) is 3.10. The van der Waals surface area contributed by atoms with Gasteiger partial charge in [-0.15, -0.1) is 12.4 Å². The number of piperidine rings is 1. The van der Waals surface area contributed by atoms with E-state index in [0.29, 0.717) is 0 Å². The van der Waals surface area contributed by atoms with Crippen molar-refractivity contribution in [3.05, 3.63) is 24.0 Å². The number of halogens is 6. The van der Waals surface area contributed by atoms with Crippen molar-refractivity contribution in [2.75, 3.05) is 19.7 Å². The minimum atomic E-state index is -4.68. The molecular weight excluding hydrogens is 319 g/mol. The molecule has 120 valence electrons. The number of nitrogens with one attached hydrogen (secondary N) is 1. The molecule has 0 amide bonds. The summed E-state index contributed by atoms with van der Waals surface area (Å²) in [4.78, 5) is 3.20. The van der Waals surface area contributed by atoms with Crippen molar-refractivity contribution in [2.45, 2.75) is 18.5 Å². The van der Waals surface area contributed by atoms with Gasteiger partial charge in [0.05, 0.1) is 12.5 Å². The highest BCUT2D eigenvalue weighted by Gasteiger charge is 2.42. The lowest BCUT2D eigenvalue weighted by molar-refractivity contribution is -0.143. The van der Waals surface area contributed by atoms with Crippen molar-refractivity contribution in [3.8, 4) is 5.75 Å². The van der Waals surface area contributed by atoms with E-state index in [1.54, 1.807) is 0 Å². The van der Waals surface area contributed by atoms with Crippen LogP contribution in [0, 0.1) is 5.92 Å². The lowest BCUT2D eigenvalue weighted by Gasteiger charge is -2.31. The second kappa shape index (κ2) is 6.74. The predicted octanol–water partition coefficient (Wildman–Crippen LogP) is 3.15. The van der Waals surface area contributed by atoms with Crippen molar-refractivity contribution in [2.24, 2.45) is 5.92 Å². The fraction of sp³-hybridized carbons (Fsp3) is 0.583. The SMILES string of the molecule is Cl.FC(F)(F)c1ncccc1OCC1CNCCC1(F)F. The molecule has 1 aliphatic heterocycles. The fourth-order valence-corrected chi connectivity index (χ4v) is 1.98. The van der Waals surface area contributed by atoms with Crippen LogP contribution in [0.1, 0.15) is 12.1 Å². The van der Waals surface area contributed by atoms with Gasteiger partial charge in [0.1, 0.15) is 5.75 Å². The Hall–Kier alpha value is -1.15. The van der Waals surface area contributed by atoms with Crippen LogP contribution in [0.4, 0.5) is 22.0 Å². The van der Waals surface area contributed by atoms with E-state index < -0.39 is 36.1 Å². The Labute approximate surface area is 124 Å². The van der Waals surface area contributed by atoms with Gasteiger partial charge in [0, 0.05) is 25.7 Å². The maximum atomic E-state index is 13.5. The van der Waals surface area contributed by atoms with Crippen molar-refractivity contribution in [1.29, 1.82) is 0 Å². The molecule has 1 aromatic rings. The first-order chi connectivity index (χ1) is 9.31. The molecule has 1 N–H and O–H groups in total. The van der Waals surface area contributed by atoms with Gasteiger partial charge in [-0.1, -0.05) is 0 Å². The summed E-state index contributed by atoms with van der Waals surface area (Å²) in [7, 11) is 0. The van der Waals surface area contributed by atoms with Gasteiger partial charge in [0.2, 0.25) is 0 Å². The Morgan fingerprint density at radius 1 is 1.38 bits per heavy atom. The lowest BCUT2D eigenvalue weighted by atomic mass is 9.96. The van der Waals surface area contributed by atoms with Gasteiger partial charge in [-0.2, -0.15) is 13.2 Å². The van der Waals surface area contributed by atoms with Crippen LogP contribution in [0.2, 0.25) is 0 Å². The van der Waals surface area contributed by atoms with Crippen molar-refractivity contribution in [1.82, 2.24) is 10.3 Å². The number of hydrogen-bond donors (Lipinski definition) is 1. The zero-order chi connectivity index (χ0) is 14.8. The molecule has 0 spiro atoms. The minimum absolute atomic E-state index is 0. The fourth-order valence-electron chi connectivity index (χ4n) is 1.98. The summed E-state index contributed by atoms with van der Waals surface area (Å²) in [5, 5.41) is 2.77. The average molecular weight is 333 g/mol. The number of nitrogens with zero attached hydrogens (tertiary/aromatic N) is 1. The molecule has 21 heavy (non-hydrogen) atoms. The quantitative estimate of drug-likeness (QED) is 0.864. The van der Waals surface area contributed by atoms with Crippen LogP contribution in [0.3, 0.4) is 0 Å². The van der Waals surface area contributed by atoms with E-state index in [4.69, 9.17) is 4.74 Å². The first-order valence-corrected chi connectivity index (χ1v) is 6.04. The molecule has 3 nitrogen and oxygen atoms in total. The monoisotopic (exact) mass is 332 g/mol. The van der Waals surface area contributed by atoms with Crippen LogP contribution in [0.25, 0.3) is 0 Å². The molecule has 2 heterocycles. The molecular formula is C12H14ClF5N2O. The Kier molecular flexibility index (Phi) is 5.75. The van der Waals surface area contributed by atoms with E-state index in [1.165, 1.54) is 6.07 Å². The number of aromatic nitrogens is 1. The Bertz CT molecular complexity index is 469. The van der Waals surface area contributed by atoms with Crippen LogP contribution in [-0.4, -0.2) is 30.6 Å². The molecule has 0 saturated carbocycles. The summed E-state index contributed by atoms with van der Waals surface area (Å²) in [5.74, 6) is -4.62. The van der Waals surface area contributed by atoms with Gasteiger partial charge in [-0.3, -0.25) is 0 Å². The number of alkyl halides is 5. The Morgan fingerprint density at radius 3 is 2.71 bits per heavy atom. The summed E-state index contributed by atoms with van der Waals surface area (Å²) in [6.45, 7) is -0.298. The Morgan fingerprint density at radius 2 is 2.10 bits per heavy atom. The van der Waals surface area contributed by atoms with E-state index in [9.17, 15) is 22.0 Å². The number of rotatable bonds is 3. The highest BCUT2D eigenvalue weighted by molar-refractivity contribution is 5.85. The third kappa shape index (κ3) is 4.41. The summed E-state index contributed by atoms with van der Waals surface area (Å²) in [6.07, 6.45) is -4.05. The maximum Gasteiger partial charge on any atom is 0.437 e. The third-order valence-electron chi connectivity index (χ3n) is 3.10. The molecule has 1 aliphatic rings. The highest BCUT2D eigenvalue weighted by Crippen LogP contribution is 2.35. The van der Waals surface area contributed by atoms with Crippen LogP contribution >= 0.6 is 12.4 Å². The van der Waals surface area contributed by atoms with Crippen LogP contribution < -0.4 is 10.1 Å². The summed E-state index contributed by atoms with van der Waals surface area (Å²) in [6, 6.07) is 2.34. The van der Waals surface area contributed by atoms with E-state index in [-0.39, 0.29) is 31.9 Å². The topological polar surface area (TPSA) is 34.1 Å². The van der Waals surface area contributed by atoms with Crippen molar-refractivity contribution >= 4 is 12.4 Å². The zero-order valence-corrected chi connectivity index (χ0v) is 11.6. The van der Waals surface area contributed by atoms with Gasteiger partial charge in [0.25, 0.3) is 5.92 Å². The second-order valence-corrected chi connectivity index (χ2v) is 4.57. The molecule has 9 heteroatoms. The highest BCUT2D eigenvalue weighted by atomic mass is 35.5. The minimum Gasteiger partial charge on any atom is -0.491 e. The predicted molar refractivity (Wildman–Crippen MR) is 67.9 cm³/mol. The van der Waals surface area contributed by atoms with Crippen molar-refractivity contribution < 1.29 is 26.7 Å². The van der Waals surface area contributed by atoms with Gasteiger partial charge >= 0.3 is 6.18 Å². The first kappa shape index (κ1) is 17.9. The first-order valence-electron chi connectivity index (χ1n) is 6.04. The molecule has 1 saturated heterocycles. The van der Waals surface area contributed by atoms with Crippen LogP contribution in [-0.2, 0) is 6.18 Å². The van der Waals surface area contributed by atoms with Crippen LogP contribution in [0.5, 0.6) is 5.75 Å². The van der Waals surface area contributed by atoms with E-state index in [1.807, 2.05) is 0 Å². The summed E-state index contributed by atoms with van der Waals surface area (Å²) in [5.41, 5.74) is -1.20. The molecule has 0 aromatic carbocycles. The van der Waals surface area contributed by atoms with E-state index in [2.05, 4.69) is 10.3 Å². The molecule has 0 aliphatic carbocycles. The normalized spacial score (nSPS) is 21.5. The molecule has 1 atom stereocenters. The summed E-state index contributed by atoms with van der Waals surface area (Å²) >= 11 is 0. The van der Waals surface area contributed by atoms with Crippen LogP contribution in [0.15, 0.2) is 18.3 Å². The summed E-state index contributed by atoms with van der Waals surface area (Å²) < 4.78 is 70.0. The van der Waals surface area contributed by atoms with Gasteiger partial charge in [0.15, 0.2) is 5.69 Å². The number of ether oxygens (including phenoxy) is 1. The van der Waals surface area contributed by atoms with Gasteiger partial charge < -0.3 is 10.1 Å². The zero-order valence-electron chi connectivity index (χ0n) is 10.8. The van der Waals surface area contributed by atoms with Gasteiger partial charge in [-0.25, -0.2) is 13.8 Å². The molecule has 0 radical (unpaired) electrons. The smallest absolute Gasteiger partial charge is 0.437 e. The van der Waals surface area contributed by atoms with Gasteiger partial charge in [-0.05, 0) is 12.1 Å². The second-order valence-electron chi connectivity index (χ2n) is 4.57. The average Bonchev–Trinajstić information content (AvgIpc) is 2.36. The van der Waals surface area contributed by atoms with Crippen molar-refractivity contribution in [3.63, 3.8) is 0 Å². The number of hydrogen-bond acceptors (Lipinski definition) is 3. The molecule has 1 fully saturated rings. The maximum absolute atomic E-state index is 13.5. The Balaban J connectivity index is 0.00000220. The molecule has 0 bridgehead atoms. The molecule has 1 aromatic heterocycles. The number of pyridine rings is 1.